The minimum Gasteiger partial charge on any atom is -0.395 e. The molecule has 1 saturated carbocycles. The number of amides is 1. The van der Waals surface area contributed by atoms with Crippen LogP contribution < -0.4 is 5.32 Å². The lowest BCUT2D eigenvalue weighted by Gasteiger charge is -2.38. The Morgan fingerprint density at radius 2 is 2.38 bits per heavy atom. The van der Waals surface area contributed by atoms with E-state index in [0.29, 0.717) is 6.54 Å². The molecule has 0 unspecified atom stereocenters. The molecule has 1 heterocycles. The summed E-state index contributed by atoms with van der Waals surface area (Å²) in [6.07, 6.45) is 2.66. The van der Waals surface area contributed by atoms with Crippen LogP contribution in [0.1, 0.15) is 24.1 Å². The van der Waals surface area contributed by atoms with Crippen molar-refractivity contribution in [1.29, 1.82) is 0 Å². The highest BCUT2D eigenvalue weighted by molar-refractivity contribution is 9.10. The van der Waals surface area contributed by atoms with Crippen LogP contribution in [-0.2, 0) is 11.3 Å². The first kappa shape index (κ1) is 12.1. The maximum absolute atomic E-state index is 11.9. The molecule has 0 saturated heterocycles. The Bertz CT molecular complexity index is 382. The molecule has 0 aromatic carbocycles. The zero-order valence-electron chi connectivity index (χ0n) is 8.83. The summed E-state index contributed by atoms with van der Waals surface area (Å²) < 4.78 is 1.04. The van der Waals surface area contributed by atoms with Gasteiger partial charge in [0.05, 0.1) is 18.6 Å². The first-order valence-corrected chi connectivity index (χ1v) is 6.96. The molecule has 0 bridgehead atoms. The number of aliphatic hydroxyl groups excluding tert-OH is 1. The third kappa shape index (κ3) is 2.31. The number of carbonyl (C=O) groups is 1. The smallest absolute Gasteiger partial charge is 0.228 e. The average molecular weight is 304 g/mol. The fraction of sp³-hybridized carbons (Fsp3) is 0.545. The van der Waals surface area contributed by atoms with Crippen molar-refractivity contribution >= 4 is 33.2 Å². The van der Waals surface area contributed by atoms with Gasteiger partial charge in [-0.25, -0.2) is 0 Å². The molecule has 1 aliphatic rings. The summed E-state index contributed by atoms with van der Waals surface area (Å²) in [5.74, 6) is -0.00854. The molecule has 2 N–H and O–H groups in total. The van der Waals surface area contributed by atoms with Gasteiger partial charge in [0.15, 0.2) is 0 Å². The number of thiophene rings is 1. The highest BCUT2D eigenvalue weighted by Crippen LogP contribution is 2.40. The lowest BCUT2D eigenvalue weighted by Crippen LogP contribution is -2.47. The molecular weight excluding hydrogens is 290 g/mol. The van der Waals surface area contributed by atoms with E-state index in [0.717, 1.165) is 28.6 Å². The topological polar surface area (TPSA) is 49.3 Å². The predicted molar refractivity (Wildman–Crippen MR) is 67.2 cm³/mol. The molecular formula is C11H14BrNO2S. The van der Waals surface area contributed by atoms with E-state index >= 15 is 0 Å². The van der Waals surface area contributed by atoms with E-state index in [1.807, 2.05) is 11.4 Å². The number of nitrogens with one attached hydrogen (secondary N) is 1. The highest BCUT2D eigenvalue weighted by Gasteiger charge is 2.43. The minimum absolute atomic E-state index is 0.00854. The summed E-state index contributed by atoms with van der Waals surface area (Å²) in [4.78, 5) is 13.0. The largest absolute Gasteiger partial charge is 0.395 e. The van der Waals surface area contributed by atoms with E-state index in [2.05, 4.69) is 21.2 Å². The van der Waals surface area contributed by atoms with E-state index in [-0.39, 0.29) is 12.5 Å². The van der Waals surface area contributed by atoms with Gasteiger partial charge >= 0.3 is 0 Å². The number of rotatable bonds is 4. The molecule has 0 spiro atoms. The first-order valence-electron chi connectivity index (χ1n) is 5.28. The molecule has 0 radical (unpaired) electrons. The summed E-state index contributed by atoms with van der Waals surface area (Å²) in [6.45, 7) is 0.518. The highest BCUT2D eigenvalue weighted by atomic mass is 79.9. The van der Waals surface area contributed by atoms with Gasteiger partial charge in [-0.3, -0.25) is 4.79 Å². The van der Waals surface area contributed by atoms with Gasteiger partial charge in [0.2, 0.25) is 5.91 Å². The van der Waals surface area contributed by atoms with Crippen LogP contribution in [0.25, 0.3) is 0 Å². The molecule has 3 nitrogen and oxygen atoms in total. The van der Waals surface area contributed by atoms with Crippen LogP contribution in [0.2, 0.25) is 0 Å². The quantitative estimate of drug-likeness (QED) is 0.896. The van der Waals surface area contributed by atoms with Crippen LogP contribution in [0.3, 0.4) is 0 Å². The van der Waals surface area contributed by atoms with Gasteiger partial charge in [-0.1, -0.05) is 6.42 Å². The molecule has 1 amide bonds. The molecule has 1 fully saturated rings. The molecule has 1 aromatic rings. The average Bonchev–Trinajstić information content (AvgIpc) is 2.60. The van der Waals surface area contributed by atoms with Gasteiger partial charge < -0.3 is 10.4 Å². The van der Waals surface area contributed by atoms with Crippen molar-refractivity contribution in [1.82, 2.24) is 5.32 Å². The van der Waals surface area contributed by atoms with E-state index in [4.69, 9.17) is 0 Å². The predicted octanol–water partition coefficient (Wildman–Crippen LogP) is 2.29. The Morgan fingerprint density at radius 1 is 1.62 bits per heavy atom. The van der Waals surface area contributed by atoms with Crippen LogP contribution >= 0.6 is 27.3 Å². The molecule has 88 valence electrons. The monoisotopic (exact) mass is 303 g/mol. The van der Waals surface area contributed by atoms with Crippen molar-refractivity contribution < 1.29 is 9.90 Å². The van der Waals surface area contributed by atoms with Gasteiger partial charge in [0.25, 0.3) is 0 Å². The summed E-state index contributed by atoms with van der Waals surface area (Å²) in [7, 11) is 0. The van der Waals surface area contributed by atoms with Crippen LogP contribution in [0.15, 0.2) is 15.9 Å². The second kappa shape index (κ2) is 4.85. The first-order chi connectivity index (χ1) is 7.66. The van der Waals surface area contributed by atoms with E-state index in [1.54, 1.807) is 11.3 Å². The fourth-order valence-electron chi connectivity index (χ4n) is 1.86. The molecule has 0 aliphatic heterocycles. The van der Waals surface area contributed by atoms with Gasteiger partial charge in [-0.2, -0.15) is 0 Å². The molecule has 0 atom stereocenters. The molecule has 2 rings (SSSR count). The fourth-order valence-corrected chi connectivity index (χ4v) is 3.25. The zero-order chi connectivity index (χ0) is 11.6. The Balaban J connectivity index is 1.88. The summed E-state index contributed by atoms with van der Waals surface area (Å²) in [5.41, 5.74) is -0.492. The van der Waals surface area contributed by atoms with E-state index in [9.17, 15) is 9.90 Å². The van der Waals surface area contributed by atoms with Crippen LogP contribution in [0.4, 0.5) is 0 Å². The number of carbonyl (C=O) groups excluding carboxylic acids is 1. The van der Waals surface area contributed by atoms with Gasteiger partial charge in [0.1, 0.15) is 0 Å². The maximum atomic E-state index is 11.9. The van der Waals surface area contributed by atoms with Crippen molar-refractivity contribution in [2.24, 2.45) is 5.41 Å². The standard InChI is InChI=1S/C11H14BrNO2S/c12-8-4-9(16-6-8)5-13-10(15)11(7-14)2-1-3-11/h4,6,14H,1-3,5,7H2,(H,13,15). The number of aliphatic hydroxyl groups is 1. The van der Waals surface area contributed by atoms with Crippen molar-refractivity contribution in [2.45, 2.75) is 25.8 Å². The van der Waals surface area contributed by atoms with E-state index in [1.165, 1.54) is 0 Å². The van der Waals surface area contributed by atoms with Crippen LogP contribution in [0.5, 0.6) is 0 Å². The second-order valence-electron chi connectivity index (χ2n) is 4.21. The van der Waals surface area contributed by atoms with Crippen molar-refractivity contribution in [2.75, 3.05) is 6.61 Å². The van der Waals surface area contributed by atoms with Crippen molar-refractivity contribution in [3.8, 4) is 0 Å². The number of hydrogen-bond acceptors (Lipinski definition) is 3. The molecule has 1 aliphatic carbocycles. The van der Waals surface area contributed by atoms with Gasteiger partial charge in [-0.15, -0.1) is 11.3 Å². The minimum atomic E-state index is -0.492. The SMILES string of the molecule is O=C(NCc1cc(Br)cs1)C1(CO)CCC1. The van der Waals surface area contributed by atoms with Crippen LogP contribution in [-0.4, -0.2) is 17.6 Å². The molecule has 16 heavy (non-hydrogen) atoms. The summed E-state index contributed by atoms with van der Waals surface area (Å²) in [5, 5.41) is 14.1. The summed E-state index contributed by atoms with van der Waals surface area (Å²) >= 11 is 4.99. The van der Waals surface area contributed by atoms with Crippen molar-refractivity contribution in [3.05, 3.63) is 20.8 Å². The third-order valence-electron chi connectivity index (χ3n) is 3.14. The zero-order valence-corrected chi connectivity index (χ0v) is 11.2. The number of halogens is 1. The second-order valence-corrected chi connectivity index (χ2v) is 6.12. The van der Waals surface area contributed by atoms with Gasteiger partial charge in [0, 0.05) is 14.7 Å². The number of hydrogen-bond donors (Lipinski definition) is 2. The summed E-state index contributed by atoms with van der Waals surface area (Å²) in [6, 6.07) is 2.00. The molecule has 5 heteroatoms. The maximum Gasteiger partial charge on any atom is 0.228 e. The Kier molecular flexibility index (Phi) is 3.66. The lowest BCUT2D eigenvalue weighted by molar-refractivity contribution is -0.139. The Labute approximate surface area is 107 Å². The van der Waals surface area contributed by atoms with Crippen LogP contribution in [0, 0.1) is 5.41 Å². The Morgan fingerprint density at radius 3 is 2.81 bits per heavy atom. The normalized spacial score (nSPS) is 17.9. The van der Waals surface area contributed by atoms with Gasteiger partial charge in [-0.05, 0) is 34.8 Å². The van der Waals surface area contributed by atoms with Crippen molar-refractivity contribution in [3.63, 3.8) is 0 Å². The Hall–Kier alpha value is -0.390. The molecule has 1 aromatic heterocycles. The lowest BCUT2D eigenvalue weighted by atomic mass is 9.68. The van der Waals surface area contributed by atoms with E-state index < -0.39 is 5.41 Å². The third-order valence-corrected chi connectivity index (χ3v) is 4.84.